The van der Waals surface area contributed by atoms with Crippen molar-refractivity contribution in [2.75, 3.05) is 29.3 Å². The topological polar surface area (TPSA) is 49.9 Å². The van der Waals surface area contributed by atoms with Gasteiger partial charge in [0.2, 0.25) is 5.91 Å². The SMILES string of the molecule is CCN1c2ccccc2N(C(=O)CCl)C(c2ccccc2)CC1C(=O)OC. The number of carbonyl (C=O) groups is 2. The molecule has 1 heterocycles. The molecule has 6 heteroatoms. The van der Waals surface area contributed by atoms with Crippen molar-refractivity contribution in [1.29, 1.82) is 0 Å². The highest BCUT2D eigenvalue weighted by atomic mass is 35.5. The van der Waals surface area contributed by atoms with Crippen LogP contribution in [0.1, 0.15) is 24.9 Å². The fourth-order valence-corrected chi connectivity index (χ4v) is 3.90. The summed E-state index contributed by atoms with van der Waals surface area (Å²) in [5, 5.41) is 0. The number of methoxy groups -OCH3 is 1. The molecular formula is C21H23ClN2O3. The van der Waals surface area contributed by atoms with E-state index in [1.54, 1.807) is 4.90 Å². The van der Waals surface area contributed by atoms with Crippen molar-refractivity contribution in [3.8, 4) is 0 Å². The number of alkyl halides is 1. The molecule has 1 amide bonds. The van der Waals surface area contributed by atoms with Crippen LogP contribution in [0.2, 0.25) is 0 Å². The van der Waals surface area contributed by atoms with Gasteiger partial charge in [-0.25, -0.2) is 4.79 Å². The van der Waals surface area contributed by atoms with Crippen LogP contribution in [0, 0.1) is 0 Å². The predicted molar refractivity (Wildman–Crippen MR) is 107 cm³/mol. The Kier molecular flexibility index (Phi) is 6.01. The number of halogens is 1. The lowest BCUT2D eigenvalue weighted by Gasteiger charge is -2.31. The van der Waals surface area contributed by atoms with Gasteiger partial charge in [0.25, 0.3) is 0 Å². The summed E-state index contributed by atoms with van der Waals surface area (Å²) >= 11 is 5.96. The summed E-state index contributed by atoms with van der Waals surface area (Å²) in [5.74, 6) is -0.639. The van der Waals surface area contributed by atoms with E-state index >= 15 is 0 Å². The van der Waals surface area contributed by atoms with Gasteiger partial charge >= 0.3 is 5.97 Å². The van der Waals surface area contributed by atoms with Crippen molar-refractivity contribution in [3.05, 3.63) is 60.2 Å². The first-order valence-electron chi connectivity index (χ1n) is 8.98. The standard InChI is InChI=1S/C21H23ClN2O3/c1-3-23-16-11-7-8-12-17(16)24(20(25)14-22)18(13-19(23)21(26)27-2)15-9-5-4-6-10-15/h4-12,18-19H,3,13-14H2,1-2H3. The first-order valence-corrected chi connectivity index (χ1v) is 9.52. The summed E-state index contributed by atoms with van der Waals surface area (Å²) in [6.07, 6.45) is 0.418. The van der Waals surface area contributed by atoms with E-state index in [1.807, 2.05) is 66.4 Å². The van der Waals surface area contributed by atoms with Crippen molar-refractivity contribution in [2.24, 2.45) is 0 Å². The predicted octanol–water partition coefficient (Wildman–Crippen LogP) is 3.77. The molecule has 27 heavy (non-hydrogen) atoms. The lowest BCUT2D eigenvalue weighted by atomic mass is 9.97. The number of benzene rings is 2. The minimum absolute atomic E-state index is 0.132. The Morgan fingerprint density at radius 2 is 1.70 bits per heavy atom. The van der Waals surface area contributed by atoms with Crippen LogP contribution in [0.15, 0.2) is 54.6 Å². The van der Waals surface area contributed by atoms with Gasteiger partial charge in [0.1, 0.15) is 11.9 Å². The van der Waals surface area contributed by atoms with Crippen LogP contribution in [0.5, 0.6) is 0 Å². The molecule has 0 radical (unpaired) electrons. The molecule has 2 unspecified atom stereocenters. The summed E-state index contributed by atoms with van der Waals surface area (Å²) in [6, 6.07) is 16.5. The Morgan fingerprint density at radius 1 is 1.07 bits per heavy atom. The quantitative estimate of drug-likeness (QED) is 0.592. The molecule has 0 aromatic heterocycles. The zero-order chi connectivity index (χ0) is 19.4. The molecule has 0 fully saturated rings. The van der Waals surface area contributed by atoms with E-state index in [1.165, 1.54) is 7.11 Å². The fourth-order valence-electron chi connectivity index (χ4n) is 3.77. The average molecular weight is 387 g/mol. The van der Waals surface area contributed by atoms with Crippen LogP contribution in [0.3, 0.4) is 0 Å². The van der Waals surface area contributed by atoms with Crippen LogP contribution in [-0.4, -0.2) is 37.5 Å². The van der Waals surface area contributed by atoms with Crippen LogP contribution in [0.4, 0.5) is 11.4 Å². The van der Waals surface area contributed by atoms with Crippen LogP contribution in [-0.2, 0) is 14.3 Å². The summed E-state index contributed by atoms with van der Waals surface area (Å²) in [4.78, 5) is 29.2. The lowest BCUT2D eigenvalue weighted by molar-refractivity contribution is -0.142. The number of rotatable bonds is 4. The Hall–Kier alpha value is -2.53. The fraction of sp³-hybridized carbons (Fsp3) is 0.333. The summed E-state index contributed by atoms with van der Waals surface area (Å²) < 4.78 is 5.09. The first-order chi connectivity index (χ1) is 13.1. The van der Waals surface area contributed by atoms with Gasteiger partial charge in [-0.05, 0) is 24.6 Å². The maximum Gasteiger partial charge on any atom is 0.328 e. The number of esters is 1. The van der Waals surface area contributed by atoms with Gasteiger partial charge in [-0.15, -0.1) is 11.6 Å². The molecule has 2 aromatic rings. The number of carbonyl (C=O) groups excluding carboxylic acids is 2. The molecule has 1 aliphatic rings. The molecule has 0 saturated carbocycles. The lowest BCUT2D eigenvalue weighted by Crippen LogP contribution is -2.43. The number of likely N-dealkylation sites (N-methyl/N-ethyl adjacent to an activating group) is 1. The first kappa shape index (κ1) is 19.2. The molecule has 1 aliphatic heterocycles. The number of nitrogens with zero attached hydrogens (tertiary/aromatic N) is 2. The molecule has 0 bridgehead atoms. The van der Waals surface area contributed by atoms with Crippen molar-refractivity contribution in [2.45, 2.75) is 25.4 Å². The average Bonchev–Trinajstić information content (AvgIpc) is 2.87. The molecule has 142 valence electrons. The zero-order valence-corrected chi connectivity index (χ0v) is 16.2. The Morgan fingerprint density at radius 3 is 2.30 bits per heavy atom. The van der Waals surface area contributed by atoms with Crippen molar-refractivity contribution >= 4 is 34.9 Å². The van der Waals surface area contributed by atoms with Gasteiger partial charge in [0.15, 0.2) is 0 Å². The second-order valence-electron chi connectivity index (χ2n) is 6.37. The molecule has 5 nitrogen and oxygen atoms in total. The Bertz CT molecular complexity index is 812. The maximum atomic E-state index is 12.9. The number of hydrogen-bond acceptors (Lipinski definition) is 4. The van der Waals surface area contributed by atoms with Crippen LogP contribution >= 0.6 is 11.6 Å². The Labute approximate surface area is 164 Å². The van der Waals surface area contributed by atoms with E-state index in [0.717, 1.165) is 16.9 Å². The summed E-state index contributed by atoms with van der Waals surface area (Å²) in [6.45, 7) is 2.60. The molecule has 0 aliphatic carbocycles. The van der Waals surface area contributed by atoms with E-state index in [9.17, 15) is 9.59 Å². The van der Waals surface area contributed by atoms with Crippen molar-refractivity contribution in [3.63, 3.8) is 0 Å². The van der Waals surface area contributed by atoms with Crippen LogP contribution < -0.4 is 9.80 Å². The second kappa shape index (κ2) is 8.44. The largest absolute Gasteiger partial charge is 0.467 e. The summed E-state index contributed by atoms with van der Waals surface area (Å²) in [5.41, 5.74) is 2.54. The number of fused-ring (bicyclic) bond motifs is 1. The third-order valence-corrected chi connectivity index (χ3v) is 5.20. The molecule has 2 aromatic carbocycles. The van der Waals surface area contributed by atoms with Gasteiger partial charge in [-0.2, -0.15) is 0 Å². The third kappa shape index (κ3) is 3.65. The minimum atomic E-state index is -0.500. The van der Waals surface area contributed by atoms with E-state index in [-0.39, 0.29) is 23.8 Å². The van der Waals surface area contributed by atoms with Gasteiger partial charge in [0.05, 0.1) is 24.5 Å². The second-order valence-corrected chi connectivity index (χ2v) is 6.64. The highest BCUT2D eigenvalue weighted by Gasteiger charge is 2.39. The van der Waals surface area contributed by atoms with Gasteiger partial charge in [-0.1, -0.05) is 42.5 Å². The van der Waals surface area contributed by atoms with Gasteiger partial charge < -0.3 is 14.5 Å². The van der Waals surface area contributed by atoms with Crippen molar-refractivity contribution in [1.82, 2.24) is 0 Å². The normalized spacial score (nSPS) is 19.2. The van der Waals surface area contributed by atoms with Crippen LogP contribution in [0.25, 0.3) is 0 Å². The molecule has 2 atom stereocenters. The van der Waals surface area contributed by atoms with Crippen molar-refractivity contribution < 1.29 is 14.3 Å². The van der Waals surface area contributed by atoms with Gasteiger partial charge in [-0.3, -0.25) is 4.79 Å². The van der Waals surface area contributed by atoms with E-state index in [4.69, 9.17) is 16.3 Å². The molecule has 3 rings (SSSR count). The number of para-hydroxylation sites is 2. The minimum Gasteiger partial charge on any atom is -0.467 e. The van der Waals surface area contributed by atoms with E-state index in [0.29, 0.717) is 13.0 Å². The molecule has 0 spiro atoms. The number of amides is 1. The highest BCUT2D eigenvalue weighted by molar-refractivity contribution is 6.29. The monoisotopic (exact) mass is 386 g/mol. The molecule has 0 saturated heterocycles. The third-order valence-electron chi connectivity index (χ3n) is 4.97. The van der Waals surface area contributed by atoms with Gasteiger partial charge in [0, 0.05) is 13.0 Å². The van der Waals surface area contributed by atoms with E-state index < -0.39 is 6.04 Å². The number of ether oxygens (including phenoxy) is 1. The van der Waals surface area contributed by atoms with E-state index in [2.05, 4.69) is 0 Å². The molecular weight excluding hydrogens is 364 g/mol. The number of hydrogen-bond donors (Lipinski definition) is 0. The maximum absolute atomic E-state index is 12.9. The Balaban J connectivity index is 2.23. The summed E-state index contributed by atoms with van der Waals surface area (Å²) in [7, 11) is 1.40. The smallest absolute Gasteiger partial charge is 0.328 e. The zero-order valence-electron chi connectivity index (χ0n) is 15.5. The number of anilines is 2. The molecule has 0 N–H and O–H groups in total. The highest BCUT2D eigenvalue weighted by Crippen LogP contribution is 2.42.